The fourth-order valence-corrected chi connectivity index (χ4v) is 1.59. The summed E-state index contributed by atoms with van der Waals surface area (Å²) in [5, 5.41) is 3.54. The molecule has 0 saturated heterocycles. The Balaban J connectivity index is 2.54. The molecule has 0 fully saturated rings. The molecule has 0 heterocycles. The summed E-state index contributed by atoms with van der Waals surface area (Å²) in [6, 6.07) is 8.90. The number of benzene rings is 1. The van der Waals surface area contributed by atoms with Crippen LogP contribution in [0.3, 0.4) is 0 Å². The fraction of sp³-hybridized carbons (Fsp3) is 0.538. The normalized spacial score (nSPS) is 13.9. The van der Waals surface area contributed by atoms with Crippen LogP contribution in [0.15, 0.2) is 28.7 Å². The quantitative estimate of drug-likeness (QED) is 0.870. The highest BCUT2D eigenvalue weighted by molar-refractivity contribution is 9.10. The van der Waals surface area contributed by atoms with Crippen molar-refractivity contribution in [3.8, 4) is 0 Å². The van der Waals surface area contributed by atoms with Crippen LogP contribution in [0, 0.1) is 5.41 Å². The molecule has 1 atom stereocenters. The molecule has 2 heteroatoms. The first kappa shape index (κ1) is 12.7. The number of halogens is 1. The average Bonchev–Trinajstić information content (AvgIpc) is 2.14. The zero-order valence-electron chi connectivity index (χ0n) is 9.97. The van der Waals surface area contributed by atoms with Crippen LogP contribution in [-0.4, -0.2) is 6.54 Å². The molecule has 0 aliphatic heterocycles. The van der Waals surface area contributed by atoms with Crippen LogP contribution >= 0.6 is 15.9 Å². The van der Waals surface area contributed by atoms with Gasteiger partial charge in [0.05, 0.1) is 0 Å². The number of rotatable bonds is 3. The van der Waals surface area contributed by atoms with Gasteiger partial charge in [0.2, 0.25) is 0 Å². The average molecular weight is 270 g/mol. The first-order valence-electron chi connectivity index (χ1n) is 5.37. The standard InChI is InChI=1S/C13H20BrN/c1-10(15-9-13(2,3)4)11-5-7-12(14)8-6-11/h5-8,10,15H,9H2,1-4H3. The molecule has 0 amide bonds. The molecule has 0 aliphatic rings. The highest BCUT2D eigenvalue weighted by Crippen LogP contribution is 2.18. The molecule has 0 spiro atoms. The van der Waals surface area contributed by atoms with Gasteiger partial charge in [0.15, 0.2) is 0 Å². The minimum Gasteiger partial charge on any atom is -0.310 e. The Morgan fingerprint density at radius 3 is 2.20 bits per heavy atom. The van der Waals surface area contributed by atoms with Crippen molar-refractivity contribution in [2.75, 3.05) is 6.54 Å². The van der Waals surface area contributed by atoms with E-state index >= 15 is 0 Å². The second-order valence-corrected chi connectivity index (χ2v) is 6.13. The Kier molecular flexibility index (Phi) is 4.35. The molecular formula is C13H20BrN. The predicted molar refractivity (Wildman–Crippen MR) is 70.0 cm³/mol. The molecule has 1 nitrogen and oxygen atoms in total. The summed E-state index contributed by atoms with van der Waals surface area (Å²) in [5.74, 6) is 0. The van der Waals surface area contributed by atoms with Gasteiger partial charge in [-0.3, -0.25) is 0 Å². The SMILES string of the molecule is CC(NCC(C)(C)C)c1ccc(Br)cc1. The van der Waals surface area contributed by atoms with Crippen LogP contribution in [0.2, 0.25) is 0 Å². The molecule has 1 aromatic carbocycles. The van der Waals surface area contributed by atoms with Gasteiger partial charge in [0.25, 0.3) is 0 Å². The van der Waals surface area contributed by atoms with Crippen LogP contribution in [0.4, 0.5) is 0 Å². The first-order chi connectivity index (χ1) is 6.88. The van der Waals surface area contributed by atoms with Crippen molar-refractivity contribution in [3.05, 3.63) is 34.3 Å². The molecule has 0 bridgehead atoms. The summed E-state index contributed by atoms with van der Waals surface area (Å²) in [6.07, 6.45) is 0. The van der Waals surface area contributed by atoms with E-state index < -0.39 is 0 Å². The van der Waals surface area contributed by atoms with Gasteiger partial charge in [-0.1, -0.05) is 48.8 Å². The van der Waals surface area contributed by atoms with Gasteiger partial charge in [-0.2, -0.15) is 0 Å². The van der Waals surface area contributed by atoms with E-state index in [4.69, 9.17) is 0 Å². The topological polar surface area (TPSA) is 12.0 Å². The van der Waals surface area contributed by atoms with E-state index in [1.54, 1.807) is 0 Å². The Labute approximate surface area is 101 Å². The monoisotopic (exact) mass is 269 g/mol. The largest absolute Gasteiger partial charge is 0.310 e. The minimum atomic E-state index is 0.337. The molecule has 0 aliphatic carbocycles. The lowest BCUT2D eigenvalue weighted by molar-refractivity contribution is 0.359. The maximum Gasteiger partial charge on any atom is 0.0292 e. The molecule has 0 saturated carbocycles. The van der Waals surface area contributed by atoms with Gasteiger partial charge in [-0.15, -0.1) is 0 Å². The lowest BCUT2D eigenvalue weighted by Gasteiger charge is -2.22. The number of hydrogen-bond acceptors (Lipinski definition) is 1. The van der Waals surface area contributed by atoms with E-state index in [0.717, 1.165) is 11.0 Å². The summed E-state index contributed by atoms with van der Waals surface area (Å²) >= 11 is 3.44. The van der Waals surface area contributed by atoms with Crippen molar-refractivity contribution in [3.63, 3.8) is 0 Å². The number of nitrogens with one attached hydrogen (secondary N) is 1. The van der Waals surface area contributed by atoms with Gasteiger partial charge >= 0.3 is 0 Å². The van der Waals surface area contributed by atoms with Crippen LogP contribution in [-0.2, 0) is 0 Å². The molecule has 1 unspecified atom stereocenters. The molecular weight excluding hydrogens is 250 g/mol. The van der Waals surface area contributed by atoms with Crippen molar-refractivity contribution < 1.29 is 0 Å². The van der Waals surface area contributed by atoms with E-state index in [2.05, 4.69) is 73.2 Å². The maximum absolute atomic E-state index is 3.54. The van der Waals surface area contributed by atoms with Gasteiger partial charge in [0, 0.05) is 17.1 Å². The molecule has 0 radical (unpaired) electrons. The highest BCUT2D eigenvalue weighted by atomic mass is 79.9. The zero-order valence-corrected chi connectivity index (χ0v) is 11.6. The smallest absolute Gasteiger partial charge is 0.0292 e. The summed E-state index contributed by atoms with van der Waals surface area (Å²) in [4.78, 5) is 0. The van der Waals surface area contributed by atoms with E-state index in [1.165, 1.54) is 5.56 Å². The Hall–Kier alpha value is -0.340. The Morgan fingerprint density at radius 1 is 1.20 bits per heavy atom. The van der Waals surface area contributed by atoms with Crippen molar-refractivity contribution in [2.45, 2.75) is 33.7 Å². The fourth-order valence-electron chi connectivity index (χ4n) is 1.33. The molecule has 1 N–H and O–H groups in total. The molecule has 1 aromatic rings. The lowest BCUT2D eigenvalue weighted by atomic mass is 9.96. The molecule has 84 valence electrons. The second-order valence-electron chi connectivity index (χ2n) is 5.21. The summed E-state index contributed by atoms with van der Waals surface area (Å²) in [5.41, 5.74) is 1.67. The Morgan fingerprint density at radius 2 is 1.73 bits per heavy atom. The molecule has 0 aromatic heterocycles. The number of hydrogen-bond donors (Lipinski definition) is 1. The summed E-state index contributed by atoms with van der Waals surface area (Å²) in [7, 11) is 0. The first-order valence-corrected chi connectivity index (χ1v) is 6.17. The molecule has 1 rings (SSSR count). The van der Waals surface area contributed by atoms with E-state index in [1.807, 2.05) is 0 Å². The van der Waals surface area contributed by atoms with E-state index in [0.29, 0.717) is 11.5 Å². The van der Waals surface area contributed by atoms with Gasteiger partial charge in [0.1, 0.15) is 0 Å². The second kappa shape index (κ2) is 5.13. The third-order valence-corrected chi connectivity index (χ3v) is 2.84. The van der Waals surface area contributed by atoms with E-state index in [9.17, 15) is 0 Å². The van der Waals surface area contributed by atoms with Crippen molar-refractivity contribution >= 4 is 15.9 Å². The van der Waals surface area contributed by atoms with Crippen molar-refractivity contribution in [1.82, 2.24) is 5.32 Å². The van der Waals surface area contributed by atoms with Crippen LogP contribution in [0.25, 0.3) is 0 Å². The minimum absolute atomic E-state index is 0.337. The van der Waals surface area contributed by atoms with Crippen LogP contribution in [0.5, 0.6) is 0 Å². The van der Waals surface area contributed by atoms with Crippen molar-refractivity contribution in [2.24, 2.45) is 5.41 Å². The van der Waals surface area contributed by atoms with Gasteiger partial charge in [-0.25, -0.2) is 0 Å². The van der Waals surface area contributed by atoms with Crippen LogP contribution < -0.4 is 5.32 Å². The zero-order chi connectivity index (χ0) is 11.5. The van der Waals surface area contributed by atoms with Gasteiger partial charge in [-0.05, 0) is 30.0 Å². The Bertz CT molecular complexity index is 297. The maximum atomic E-state index is 3.54. The summed E-state index contributed by atoms with van der Waals surface area (Å²) in [6.45, 7) is 9.97. The third kappa shape index (κ3) is 4.80. The summed E-state index contributed by atoms with van der Waals surface area (Å²) < 4.78 is 1.13. The van der Waals surface area contributed by atoms with E-state index in [-0.39, 0.29) is 0 Å². The third-order valence-electron chi connectivity index (χ3n) is 2.31. The van der Waals surface area contributed by atoms with Crippen LogP contribution in [0.1, 0.15) is 39.3 Å². The highest BCUT2D eigenvalue weighted by Gasteiger charge is 2.12. The molecule has 15 heavy (non-hydrogen) atoms. The predicted octanol–water partition coefficient (Wildman–Crippen LogP) is 4.15. The van der Waals surface area contributed by atoms with Crippen molar-refractivity contribution in [1.29, 1.82) is 0 Å². The van der Waals surface area contributed by atoms with Gasteiger partial charge < -0.3 is 5.32 Å². The lowest BCUT2D eigenvalue weighted by Crippen LogP contribution is -2.29.